The second kappa shape index (κ2) is 13.8. The maximum absolute atomic E-state index is 17.6. The Balaban J connectivity index is 1.63. The number of esters is 2. The molecule has 8 atom stereocenters. The number of carbonyl (C=O) groups is 4. The average Bonchev–Trinajstić information content (AvgIpc) is 3.19. The molecule has 46 heavy (non-hydrogen) atoms. The molecule has 2 unspecified atom stereocenters. The predicted molar refractivity (Wildman–Crippen MR) is 149 cm³/mol. The van der Waals surface area contributed by atoms with Gasteiger partial charge in [-0.25, -0.2) is 4.39 Å². The Morgan fingerprint density at radius 2 is 1.61 bits per heavy atom. The number of carbonyl (C=O) groups excluding carboxylic acids is 4. The molecular weight excluding hydrogens is 615 g/mol. The zero-order valence-corrected chi connectivity index (χ0v) is 26.1. The van der Waals surface area contributed by atoms with Gasteiger partial charge < -0.3 is 14.6 Å². The second-order valence-corrected chi connectivity index (χ2v) is 13.1. The van der Waals surface area contributed by atoms with Gasteiger partial charge in [0.15, 0.2) is 23.7 Å². The molecular formula is C30H43FN2O13. The molecule has 16 heteroatoms. The summed E-state index contributed by atoms with van der Waals surface area (Å²) in [6.07, 6.45) is 2.81. The van der Waals surface area contributed by atoms with E-state index in [0.717, 1.165) is 0 Å². The summed E-state index contributed by atoms with van der Waals surface area (Å²) in [5.41, 5.74) is -6.08. The molecule has 4 aliphatic rings. The number of hydrogen-bond acceptors (Lipinski definition) is 15. The Kier molecular flexibility index (Phi) is 10.9. The van der Waals surface area contributed by atoms with Gasteiger partial charge >= 0.3 is 11.9 Å². The molecule has 0 aromatic rings. The quantitative estimate of drug-likeness (QED) is 0.103. The van der Waals surface area contributed by atoms with Crippen molar-refractivity contribution in [2.24, 2.45) is 28.6 Å². The van der Waals surface area contributed by atoms with Crippen LogP contribution < -0.4 is 0 Å². The largest absolute Gasteiger partial charge is 0.457 e. The maximum Gasteiger partial charge on any atom is 0.306 e. The standard InChI is InChI=1S/C30H43FN2O13/c1-18-14-22-21-9-8-19-15-20(34)10-11-27(19,2)29(21,31)23(35)16-28(22,3)30(18,46-26(38)7-5-13-45-33(41)42)24(36)17-43-25(37)6-4-12-44-32(39)40/h10-11,15,18,21-23,35,39-42H,4-9,12-14,16-17H2,1-3H3/t18-,21?,22?,23+,27+,28+,29+,30+/m1/s1. The smallest absolute Gasteiger partial charge is 0.306 e. The fourth-order valence-electron chi connectivity index (χ4n) is 8.68. The van der Waals surface area contributed by atoms with Gasteiger partial charge in [0, 0.05) is 35.5 Å². The summed E-state index contributed by atoms with van der Waals surface area (Å²) < 4.78 is 28.9. The minimum atomic E-state index is -2.19. The van der Waals surface area contributed by atoms with E-state index in [2.05, 4.69) is 9.68 Å². The normalized spacial score (nSPS) is 36.6. The van der Waals surface area contributed by atoms with E-state index >= 15 is 4.39 Å². The van der Waals surface area contributed by atoms with Crippen LogP contribution >= 0.6 is 0 Å². The summed E-state index contributed by atoms with van der Waals surface area (Å²) in [4.78, 5) is 60.9. The number of aliphatic hydroxyl groups is 1. The van der Waals surface area contributed by atoms with Crippen LogP contribution in [0.15, 0.2) is 23.8 Å². The first kappa shape index (κ1) is 36.2. The number of nitrogens with zero attached hydrogens (tertiary/aromatic N) is 2. The van der Waals surface area contributed by atoms with Crippen molar-refractivity contribution in [2.75, 3.05) is 19.8 Å². The first-order valence-electron chi connectivity index (χ1n) is 15.4. The van der Waals surface area contributed by atoms with Gasteiger partial charge in [0.2, 0.25) is 5.78 Å². The highest BCUT2D eigenvalue weighted by atomic mass is 19.1. The van der Waals surface area contributed by atoms with Gasteiger partial charge in [-0.1, -0.05) is 25.5 Å². The van der Waals surface area contributed by atoms with Crippen LogP contribution in [0.4, 0.5) is 4.39 Å². The van der Waals surface area contributed by atoms with E-state index < -0.39 is 81.1 Å². The van der Waals surface area contributed by atoms with Crippen molar-refractivity contribution < 1.29 is 68.7 Å². The highest BCUT2D eigenvalue weighted by molar-refractivity contribution is 6.01. The van der Waals surface area contributed by atoms with Gasteiger partial charge in [0.1, 0.15) is 0 Å². The molecule has 5 N–H and O–H groups in total. The Morgan fingerprint density at radius 3 is 2.22 bits per heavy atom. The Hall–Kier alpha value is -2.67. The van der Waals surface area contributed by atoms with E-state index in [-0.39, 0.29) is 63.9 Å². The monoisotopic (exact) mass is 658 g/mol. The third-order valence-corrected chi connectivity index (χ3v) is 10.7. The van der Waals surface area contributed by atoms with E-state index in [9.17, 15) is 24.3 Å². The number of Topliss-reactive ketones (excluding diaryl/α,β-unsaturated/α-hetero) is 1. The van der Waals surface area contributed by atoms with Crippen LogP contribution in [-0.2, 0) is 38.3 Å². The minimum absolute atomic E-state index is 0.0111. The van der Waals surface area contributed by atoms with Crippen molar-refractivity contribution in [3.8, 4) is 0 Å². The summed E-state index contributed by atoms with van der Waals surface area (Å²) in [7, 11) is 0. The van der Waals surface area contributed by atoms with Gasteiger partial charge in [-0.3, -0.25) is 49.7 Å². The maximum atomic E-state index is 17.6. The van der Waals surface area contributed by atoms with Gasteiger partial charge in [0.25, 0.3) is 0 Å². The molecule has 0 aromatic carbocycles. The second-order valence-electron chi connectivity index (χ2n) is 13.1. The third kappa shape index (κ3) is 6.30. The van der Waals surface area contributed by atoms with E-state index in [1.54, 1.807) is 20.8 Å². The Bertz CT molecular complexity index is 1260. The summed E-state index contributed by atoms with van der Waals surface area (Å²) in [6.45, 7) is 3.78. The first-order valence-corrected chi connectivity index (χ1v) is 15.4. The Morgan fingerprint density at radius 1 is 1.00 bits per heavy atom. The van der Waals surface area contributed by atoms with Crippen LogP contribution in [0.25, 0.3) is 0 Å². The molecule has 0 amide bonds. The molecule has 0 radical (unpaired) electrons. The summed E-state index contributed by atoms with van der Waals surface area (Å²) in [5.74, 6) is -4.62. The highest BCUT2D eigenvalue weighted by Crippen LogP contribution is 2.71. The van der Waals surface area contributed by atoms with Crippen molar-refractivity contribution in [1.82, 2.24) is 10.8 Å². The van der Waals surface area contributed by atoms with Crippen molar-refractivity contribution in [3.63, 3.8) is 0 Å². The third-order valence-electron chi connectivity index (χ3n) is 10.7. The van der Waals surface area contributed by atoms with Crippen molar-refractivity contribution >= 4 is 23.5 Å². The van der Waals surface area contributed by atoms with Gasteiger partial charge in [0.05, 0.1) is 30.1 Å². The zero-order valence-electron chi connectivity index (χ0n) is 26.1. The molecule has 0 heterocycles. The molecule has 3 fully saturated rings. The van der Waals surface area contributed by atoms with Crippen LogP contribution in [0.3, 0.4) is 0 Å². The van der Waals surface area contributed by atoms with E-state index in [1.165, 1.54) is 18.2 Å². The minimum Gasteiger partial charge on any atom is -0.457 e. The number of alkyl halides is 1. The topological polar surface area (TPSA) is 213 Å². The summed E-state index contributed by atoms with van der Waals surface area (Å²) in [6, 6.07) is 0. The number of rotatable bonds is 14. The number of hydrogen-bond donors (Lipinski definition) is 5. The van der Waals surface area contributed by atoms with E-state index in [0.29, 0.717) is 12.0 Å². The van der Waals surface area contributed by atoms with Gasteiger partial charge in [-0.2, -0.15) is 0 Å². The lowest BCUT2D eigenvalue weighted by atomic mass is 9.44. The van der Waals surface area contributed by atoms with Crippen molar-refractivity contribution in [2.45, 2.75) is 89.5 Å². The molecule has 0 saturated heterocycles. The lowest BCUT2D eigenvalue weighted by Gasteiger charge is -2.62. The number of aliphatic hydroxyl groups excluding tert-OH is 1. The fourth-order valence-corrected chi connectivity index (χ4v) is 8.68. The van der Waals surface area contributed by atoms with Crippen LogP contribution in [0.5, 0.6) is 0 Å². The molecule has 15 nitrogen and oxygen atoms in total. The highest BCUT2D eigenvalue weighted by Gasteiger charge is 2.77. The van der Waals surface area contributed by atoms with Gasteiger partial charge in [-0.15, -0.1) is 0 Å². The summed E-state index contributed by atoms with van der Waals surface area (Å²) >= 11 is 0. The molecule has 0 aromatic heterocycles. The molecule has 3 saturated carbocycles. The van der Waals surface area contributed by atoms with Gasteiger partial charge in [-0.05, 0) is 63.5 Å². The summed E-state index contributed by atoms with van der Waals surface area (Å²) in [5, 5.41) is 45.4. The van der Waals surface area contributed by atoms with Crippen LogP contribution in [0.2, 0.25) is 0 Å². The number of allylic oxidation sites excluding steroid dienone is 4. The van der Waals surface area contributed by atoms with Crippen LogP contribution in [0, 0.1) is 28.6 Å². The molecule has 4 rings (SSSR count). The van der Waals surface area contributed by atoms with E-state index in [1.807, 2.05) is 0 Å². The molecule has 258 valence electrons. The lowest BCUT2D eigenvalue weighted by Crippen LogP contribution is -2.70. The first-order chi connectivity index (χ1) is 21.5. The molecule has 0 aliphatic heterocycles. The number of ketones is 2. The van der Waals surface area contributed by atoms with Crippen LogP contribution in [0.1, 0.15) is 72.1 Å². The fraction of sp³-hybridized carbons (Fsp3) is 0.733. The molecule has 4 aliphatic carbocycles. The Labute approximate surface area is 264 Å². The van der Waals surface area contributed by atoms with E-state index in [4.69, 9.17) is 30.3 Å². The number of fused-ring (bicyclic) bond motifs is 5. The van der Waals surface area contributed by atoms with Crippen molar-refractivity contribution in [1.29, 1.82) is 0 Å². The SMILES string of the molecule is C[C@@H]1CC2C3CCC4=CC(=O)C=C[C@]4(C)[C@@]3(F)[C@@H](O)C[C@]2(C)[C@@]1(OC(=O)CCCON(O)O)C(=O)COC(=O)CCCON(O)O. The average molecular weight is 659 g/mol. The van der Waals surface area contributed by atoms with Crippen molar-refractivity contribution in [3.05, 3.63) is 23.8 Å². The predicted octanol–water partition coefficient (Wildman–Crippen LogP) is 2.58. The molecule has 0 bridgehead atoms. The molecule has 0 spiro atoms. The van der Waals surface area contributed by atoms with Crippen LogP contribution in [-0.4, -0.2) is 97.4 Å². The zero-order chi connectivity index (χ0) is 34.1. The number of ether oxygens (including phenoxy) is 2. The number of halogens is 1. The lowest BCUT2D eigenvalue weighted by molar-refractivity contribution is -0.492.